The van der Waals surface area contributed by atoms with E-state index < -0.39 is 0 Å². The highest BCUT2D eigenvalue weighted by molar-refractivity contribution is 5.33. The highest BCUT2D eigenvalue weighted by atomic mass is 15.3. The van der Waals surface area contributed by atoms with E-state index in [4.69, 9.17) is 0 Å². The van der Waals surface area contributed by atoms with Gasteiger partial charge in [-0.3, -0.25) is 4.90 Å². The van der Waals surface area contributed by atoms with Crippen LogP contribution in [-0.2, 0) is 0 Å². The molecule has 0 bridgehead atoms. The monoisotopic (exact) mass is 266 g/mol. The van der Waals surface area contributed by atoms with Crippen molar-refractivity contribution in [1.82, 2.24) is 10.2 Å². The van der Waals surface area contributed by atoms with Crippen LogP contribution in [0.3, 0.4) is 0 Å². The van der Waals surface area contributed by atoms with Gasteiger partial charge in [0.1, 0.15) is 0 Å². The molecule has 2 aromatic rings. The van der Waals surface area contributed by atoms with Gasteiger partial charge in [0.2, 0.25) is 0 Å². The summed E-state index contributed by atoms with van der Waals surface area (Å²) in [6.45, 7) is 3.41. The van der Waals surface area contributed by atoms with Gasteiger partial charge >= 0.3 is 0 Å². The Kier molecular flexibility index (Phi) is 3.86. The zero-order valence-corrected chi connectivity index (χ0v) is 12.2. The van der Waals surface area contributed by atoms with E-state index >= 15 is 0 Å². The van der Waals surface area contributed by atoms with Crippen molar-refractivity contribution in [2.24, 2.45) is 0 Å². The van der Waals surface area contributed by atoms with Crippen LogP contribution in [0.25, 0.3) is 0 Å². The lowest BCUT2D eigenvalue weighted by Crippen LogP contribution is -2.64. The molecule has 1 saturated heterocycles. The molecule has 3 rings (SSSR count). The van der Waals surface area contributed by atoms with Gasteiger partial charge in [0.05, 0.1) is 6.04 Å². The van der Waals surface area contributed by atoms with Crippen molar-refractivity contribution in [2.75, 3.05) is 13.6 Å². The maximum absolute atomic E-state index is 3.40. The molecule has 1 aliphatic heterocycles. The molecule has 104 valence electrons. The molecule has 20 heavy (non-hydrogen) atoms. The molecule has 0 saturated carbocycles. The molecule has 1 aliphatic rings. The Labute approximate surface area is 121 Å². The minimum Gasteiger partial charge on any atom is -0.314 e. The van der Waals surface area contributed by atoms with Crippen LogP contribution in [0.1, 0.15) is 24.1 Å². The van der Waals surface area contributed by atoms with Crippen LogP contribution in [0.4, 0.5) is 0 Å². The fraction of sp³-hybridized carbons (Fsp3) is 0.333. The van der Waals surface area contributed by atoms with Crippen LogP contribution in [-0.4, -0.2) is 30.6 Å². The molecule has 2 atom stereocenters. The maximum atomic E-state index is 3.40. The van der Waals surface area contributed by atoms with Crippen LogP contribution < -0.4 is 5.32 Å². The number of rotatable bonds is 4. The predicted molar refractivity (Wildman–Crippen MR) is 83.7 cm³/mol. The fourth-order valence-corrected chi connectivity index (χ4v) is 3.16. The number of likely N-dealkylation sites (N-methyl/N-ethyl adjacent to an activating group) is 1. The highest BCUT2D eigenvalue weighted by Gasteiger charge is 2.39. The van der Waals surface area contributed by atoms with Crippen molar-refractivity contribution < 1.29 is 0 Å². The second-order valence-corrected chi connectivity index (χ2v) is 5.56. The Morgan fingerprint density at radius 3 is 1.85 bits per heavy atom. The zero-order chi connectivity index (χ0) is 13.9. The lowest BCUT2D eigenvalue weighted by atomic mass is 9.88. The van der Waals surface area contributed by atoms with Gasteiger partial charge in [-0.2, -0.15) is 0 Å². The largest absolute Gasteiger partial charge is 0.314 e. The highest BCUT2D eigenvalue weighted by Crippen LogP contribution is 2.35. The summed E-state index contributed by atoms with van der Waals surface area (Å²) in [5.74, 6) is 0. The maximum Gasteiger partial charge on any atom is 0.0605 e. The number of nitrogens with zero attached hydrogens (tertiary/aromatic N) is 1. The van der Waals surface area contributed by atoms with Crippen molar-refractivity contribution in [1.29, 1.82) is 0 Å². The number of hydrogen-bond donors (Lipinski definition) is 1. The summed E-state index contributed by atoms with van der Waals surface area (Å²) in [5.41, 5.74) is 2.75. The van der Waals surface area contributed by atoms with Gasteiger partial charge in [-0.05, 0) is 25.1 Å². The van der Waals surface area contributed by atoms with Gasteiger partial charge in [0.25, 0.3) is 0 Å². The molecule has 0 radical (unpaired) electrons. The van der Waals surface area contributed by atoms with E-state index in [1.54, 1.807) is 0 Å². The van der Waals surface area contributed by atoms with Crippen LogP contribution in [0.2, 0.25) is 0 Å². The minimum absolute atomic E-state index is 0.358. The molecule has 0 aromatic heterocycles. The minimum atomic E-state index is 0.358. The Morgan fingerprint density at radius 1 is 0.950 bits per heavy atom. The molecule has 1 heterocycles. The van der Waals surface area contributed by atoms with Crippen molar-refractivity contribution in [3.05, 3.63) is 71.8 Å². The lowest BCUT2D eigenvalue weighted by Gasteiger charge is -2.50. The van der Waals surface area contributed by atoms with Gasteiger partial charge in [0.15, 0.2) is 0 Å². The molecular weight excluding hydrogens is 244 g/mol. The molecule has 0 aliphatic carbocycles. The second-order valence-electron chi connectivity index (χ2n) is 5.56. The first kappa shape index (κ1) is 13.3. The Balaban J connectivity index is 1.94. The molecule has 0 unspecified atom stereocenters. The normalized spacial score (nSPS) is 22.8. The van der Waals surface area contributed by atoms with Gasteiger partial charge in [-0.1, -0.05) is 60.7 Å². The van der Waals surface area contributed by atoms with Crippen molar-refractivity contribution >= 4 is 0 Å². The summed E-state index contributed by atoms with van der Waals surface area (Å²) in [6, 6.07) is 23.1. The molecular formula is C18H22N2. The molecule has 0 amide bonds. The lowest BCUT2D eigenvalue weighted by molar-refractivity contribution is 0.0300. The third kappa shape index (κ3) is 2.37. The van der Waals surface area contributed by atoms with Crippen LogP contribution >= 0.6 is 0 Å². The average Bonchev–Trinajstić information content (AvgIpc) is 2.52. The molecule has 0 spiro atoms. The van der Waals surface area contributed by atoms with E-state index in [9.17, 15) is 0 Å². The van der Waals surface area contributed by atoms with Gasteiger partial charge in [-0.25, -0.2) is 0 Å². The van der Waals surface area contributed by atoms with Crippen LogP contribution in [0, 0.1) is 0 Å². The van der Waals surface area contributed by atoms with Gasteiger partial charge in [0, 0.05) is 18.6 Å². The standard InChI is InChI=1S/C18H22N2/c1-14-17(19-2)13-20(14)18(15-9-5-3-6-10-15)16-11-7-4-8-12-16/h3-12,14,17-19H,13H2,1-2H3/t14-,17+/m1/s1. The quantitative estimate of drug-likeness (QED) is 0.915. The summed E-state index contributed by atoms with van der Waals surface area (Å²) in [4.78, 5) is 2.58. The SMILES string of the molecule is CN[C@H]1CN(C(c2ccccc2)c2ccccc2)[C@@H]1C. The Morgan fingerprint density at radius 2 is 1.45 bits per heavy atom. The molecule has 1 N–H and O–H groups in total. The fourth-order valence-electron chi connectivity index (χ4n) is 3.16. The van der Waals surface area contributed by atoms with Crippen molar-refractivity contribution in [3.8, 4) is 0 Å². The summed E-state index contributed by atoms with van der Waals surface area (Å²) >= 11 is 0. The molecule has 2 aromatic carbocycles. The Hall–Kier alpha value is -1.64. The molecule has 1 fully saturated rings. The van der Waals surface area contributed by atoms with E-state index in [-0.39, 0.29) is 0 Å². The number of likely N-dealkylation sites (tertiary alicyclic amines) is 1. The van der Waals surface area contributed by atoms with Gasteiger partial charge < -0.3 is 5.32 Å². The first-order valence-corrected chi connectivity index (χ1v) is 7.34. The van der Waals surface area contributed by atoms with E-state index in [1.807, 2.05) is 0 Å². The van der Waals surface area contributed by atoms with Crippen molar-refractivity contribution in [2.45, 2.75) is 25.0 Å². The van der Waals surface area contributed by atoms with Crippen molar-refractivity contribution in [3.63, 3.8) is 0 Å². The molecule has 2 heteroatoms. The van der Waals surface area contributed by atoms with Crippen LogP contribution in [0.15, 0.2) is 60.7 Å². The average molecular weight is 266 g/mol. The van der Waals surface area contributed by atoms with E-state index in [1.165, 1.54) is 11.1 Å². The Bertz CT molecular complexity index is 498. The first-order valence-electron chi connectivity index (χ1n) is 7.34. The zero-order valence-electron chi connectivity index (χ0n) is 12.2. The number of hydrogen-bond acceptors (Lipinski definition) is 2. The third-order valence-corrected chi connectivity index (χ3v) is 4.45. The van der Waals surface area contributed by atoms with E-state index in [0.29, 0.717) is 18.1 Å². The molecule has 2 nitrogen and oxygen atoms in total. The second kappa shape index (κ2) is 5.78. The van der Waals surface area contributed by atoms with E-state index in [2.05, 4.69) is 84.9 Å². The summed E-state index contributed by atoms with van der Waals surface area (Å²) in [7, 11) is 2.05. The number of nitrogens with one attached hydrogen (secondary N) is 1. The third-order valence-electron chi connectivity index (χ3n) is 4.45. The van der Waals surface area contributed by atoms with Crippen LogP contribution in [0.5, 0.6) is 0 Å². The summed E-state index contributed by atoms with van der Waals surface area (Å²) in [6.07, 6.45) is 0. The number of benzene rings is 2. The van der Waals surface area contributed by atoms with E-state index in [0.717, 1.165) is 6.54 Å². The summed E-state index contributed by atoms with van der Waals surface area (Å²) in [5, 5.41) is 3.40. The summed E-state index contributed by atoms with van der Waals surface area (Å²) < 4.78 is 0. The van der Waals surface area contributed by atoms with Gasteiger partial charge in [-0.15, -0.1) is 0 Å². The smallest absolute Gasteiger partial charge is 0.0605 e. The topological polar surface area (TPSA) is 15.3 Å². The first-order chi connectivity index (χ1) is 9.81. The predicted octanol–water partition coefficient (Wildman–Crippen LogP) is 3.07.